The minimum Gasteiger partial charge on any atom is -0.394 e. The van der Waals surface area contributed by atoms with Gasteiger partial charge < -0.3 is 10.4 Å². The first-order valence-electron chi connectivity index (χ1n) is 5.30. The van der Waals surface area contributed by atoms with Gasteiger partial charge in [-0.1, -0.05) is 13.0 Å². The molecule has 0 aliphatic heterocycles. The van der Waals surface area contributed by atoms with E-state index in [0.717, 1.165) is 18.6 Å². The zero-order valence-corrected chi connectivity index (χ0v) is 9.56. The summed E-state index contributed by atoms with van der Waals surface area (Å²) < 4.78 is 25.6. The highest BCUT2D eigenvalue weighted by molar-refractivity contribution is 5.17. The summed E-state index contributed by atoms with van der Waals surface area (Å²) in [5, 5.41) is 12.3. The number of benzene rings is 1. The molecule has 0 fully saturated rings. The number of aliphatic hydroxyl groups is 1. The Morgan fingerprint density at radius 3 is 2.50 bits per heavy atom. The molecule has 2 nitrogen and oxygen atoms in total. The minimum atomic E-state index is -0.846. The van der Waals surface area contributed by atoms with Crippen molar-refractivity contribution in [1.82, 2.24) is 5.32 Å². The van der Waals surface area contributed by atoms with Gasteiger partial charge in [-0.25, -0.2) is 8.78 Å². The molecular weight excluding hydrogens is 212 g/mol. The molecule has 2 N–H and O–H groups in total. The molecule has 90 valence electrons. The molecule has 0 bridgehead atoms. The fraction of sp³-hybridized carbons (Fsp3) is 0.500. The molecule has 0 radical (unpaired) electrons. The molecule has 16 heavy (non-hydrogen) atoms. The highest BCUT2D eigenvalue weighted by Gasteiger charge is 2.19. The van der Waals surface area contributed by atoms with Gasteiger partial charge in [0.25, 0.3) is 0 Å². The van der Waals surface area contributed by atoms with Gasteiger partial charge in [0.1, 0.15) is 0 Å². The van der Waals surface area contributed by atoms with Gasteiger partial charge in [0.15, 0.2) is 11.6 Å². The van der Waals surface area contributed by atoms with E-state index in [-0.39, 0.29) is 12.1 Å². The van der Waals surface area contributed by atoms with Gasteiger partial charge in [-0.2, -0.15) is 0 Å². The second-order valence-electron chi connectivity index (χ2n) is 4.17. The summed E-state index contributed by atoms with van der Waals surface area (Å²) in [6.07, 6.45) is 0.757. The van der Waals surface area contributed by atoms with Crippen LogP contribution in [0.25, 0.3) is 0 Å². The van der Waals surface area contributed by atoms with E-state index >= 15 is 0 Å². The topological polar surface area (TPSA) is 32.3 Å². The van der Waals surface area contributed by atoms with Gasteiger partial charge in [0, 0.05) is 12.1 Å². The summed E-state index contributed by atoms with van der Waals surface area (Å²) in [6.45, 7) is 4.25. The molecule has 1 aromatic rings. The van der Waals surface area contributed by atoms with Crippen molar-refractivity contribution in [3.8, 4) is 0 Å². The summed E-state index contributed by atoms with van der Waals surface area (Å²) >= 11 is 0. The molecule has 0 spiro atoms. The lowest BCUT2D eigenvalue weighted by Gasteiger charge is -2.27. The van der Waals surface area contributed by atoms with Gasteiger partial charge in [0.2, 0.25) is 0 Å². The van der Waals surface area contributed by atoms with Crippen LogP contribution in [0.3, 0.4) is 0 Å². The summed E-state index contributed by atoms with van der Waals surface area (Å²) in [4.78, 5) is 0. The Balaban J connectivity index is 2.64. The van der Waals surface area contributed by atoms with E-state index in [1.165, 1.54) is 6.07 Å². The number of hydrogen-bond donors (Lipinski definition) is 2. The largest absolute Gasteiger partial charge is 0.394 e. The molecule has 0 aliphatic rings. The van der Waals surface area contributed by atoms with Crippen LogP contribution in [-0.4, -0.2) is 17.3 Å². The highest BCUT2D eigenvalue weighted by Crippen LogP contribution is 2.12. The van der Waals surface area contributed by atoms with Gasteiger partial charge in [0.05, 0.1) is 6.61 Å². The molecule has 1 unspecified atom stereocenters. The summed E-state index contributed by atoms with van der Waals surface area (Å²) in [5.41, 5.74) is 0.275. The number of nitrogens with one attached hydrogen (secondary N) is 1. The number of hydrogen-bond acceptors (Lipinski definition) is 2. The molecule has 0 heterocycles. The van der Waals surface area contributed by atoms with Crippen molar-refractivity contribution >= 4 is 0 Å². The number of halogens is 2. The molecule has 0 aliphatic carbocycles. The van der Waals surface area contributed by atoms with E-state index in [4.69, 9.17) is 5.11 Å². The second kappa shape index (κ2) is 5.37. The summed E-state index contributed by atoms with van der Waals surface area (Å²) in [7, 11) is 0. The smallest absolute Gasteiger partial charge is 0.159 e. The van der Waals surface area contributed by atoms with Crippen molar-refractivity contribution in [1.29, 1.82) is 0 Å². The average molecular weight is 229 g/mol. The van der Waals surface area contributed by atoms with E-state index in [9.17, 15) is 8.78 Å². The van der Waals surface area contributed by atoms with E-state index < -0.39 is 11.6 Å². The number of rotatable bonds is 5. The van der Waals surface area contributed by atoms with Crippen molar-refractivity contribution in [2.24, 2.45) is 0 Å². The van der Waals surface area contributed by atoms with Crippen LogP contribution in [0.4, 0.5) is 8.78 Å². The molecule has 0 aromatic heterocycles. The number of aliphatic hydroxyl groups excluding tert-OH is 1. The second-order valence-corrected chi connectivity index (χ2v) is 4.17. The normalized spacial score (nSPS) is 14.8. The molecule has 4 heteroatoms. The summed E-state index contributed by atoms with van der Waals surface area (Å²) in [6, 6.07) is 3.79. The van der Waals surface area contributed by atoms with Crippen LogP contribution in [0.1, 0.15) is 25.8 Å². The van der Waals surface area contributed by atoms with E-state index in [0.29, 0.717) is 12.1 Å². The fourth-order valence-corrected chi connectivity index (χ4v) is 1.26. The van der Waals surface area contributed by atoms with Crippen LogP contribution in [0.5, 0.6) is 0 Å². The summed E-state index contributed by atoms with van der Waals surface area (Å²) in [5.74, 6) is -1.69. The van der Waals surface area contributed by atoms with Crippen molar-refractivity contribution in [2.45, 2.75) is 32.4 Å². The lowest BCUT2D eigenvalue weighted by molar-refractivity contribution is 0.169. The van der Waals surface area contributed by atoms with Gasteiger partial charge in [-0.3, -0.25) is 0 Å². The van der Waals surface area contributed by atoms with Gasteiger partial charge in [-0.15, -0.1) is 0 Å². The highest BCUT2D eigenvalue weighted by atomic mass is 19.2. The molecule has 1 rings (SSSR count). The predicted octanol–water partition coefficient (Wildman–Crippen LogP) is 2.22. The Bertz CT molecular complexity index is 351. The Morgan fingerprint density at radius 1 is 1.31 bits per heavy atom. The fourth-order valence-electron chi connectivity index (χ4n) is 1.26. The van der Waals surface area contributed by atoms with Crippen molar-refractivity contribution in [3.05, 3.63) is 35.4 Å². The van der Waals surface area contributed by atoms with Crippen molar-refractivity contribution in [3.63, 3.8) is 0 Å². The lowest BCUT2D eigenvalue weighted by Crippen LogP contribution is -2.44. The van der Waals surface area contributed by atoms with E-state index in [2.05, 4.69) is 5.32 Å². The molecule has 0 saturated carbocycles. The van der Waals surface area contributed by atoms with Crippen LogP contribution in [0.2, 0.25) is 0 Å². The first-order chi connectivity index (χ1) is 7.50. The maximum absolute atomic E-state index is 12.9. The van der Waals surface area contributed by atoms with Gasteiger partial charge >= 0.3 is 0 Å². The Morgan fingerprint density at radius 2 is 2.00 bits per heavy atom. The Labute approximate surface area is 94.3 Å². The third-order valence-electron chi connectivity index (χ3n) is 2.83. The van der Waals surface area contributed by atoms with Crippen LogP contribution in [-0.2, 0) is 6.54 Å². The quantitative estimate of drug-likeness (QED) is 0.811. The van der Waals surface area contributed by atoms with Crippen molar-refractivity contribution in [2.75, 3.05) is 6.61 Å². The monoisotopic (exact) mass is 229 g/mol. The zero-order chi connectivity index (χ0) is 12.2. The lowest BCUT2D eigenvalue weighted by atomic mass is 10.00. The first-order valence-corrected chi connectivity index (χ1v) is 5.30. The van der Waals surface area contributed by atoms with Crippen molar-refractivity contribution < 1.29 is 13.9 Å². The predicted molar refractivity (Wildman–Crippen MR) is 59.0 cm³/mol. The third-order valence-corrected chi connectivity index (χ3v) is 2.83. The molecular formula is C12H17F2NO. The maximum Gasteiger partial charge on any atom is 0.159 e. The van der Waals surface area contributed by atoms with Crippen LogP contribution < -0.4 is 5.32 Å². The molecule has 0 amide bonds. The Hall–Kier alpha value is -1.00. The Kier molecular flexibility index (Phi) is 4.38. The van der Waals surface area contributed by atoms with E-state index in [1.807, 2.05) is 13.8 Å². The van der Waals surface area contributed by atoms with Gasteiger partial charge in [-0.05, 0) is 31.0 Å². The van der Waals surface area contributed by atoms with Crippen LogP contribution in [0, 0.1) is 11.6 Å². The SMILES string of the molecule is CCC(C)(CO)NCc1ccc(F)c(F)c1. The van der Waals surface area contributed by atoms with E-state index in [1.54, 1.807) is 0 Å². The maximum atomic E-state index is 12.9. The zero-order valence-electron chi connectivity index (χ0n) is 9.56. The minimum absolute atomic E-state index is 0.00712. The standard InChI is InChI=1S/C12H17F2NO/c1-3-12(2,8-16)15-7-9-4-5-10(13)11(14)6-9/h4-6,15-16H,3,7-8H2,1-2H3. The molecule has 1 aromatic carbocycles. The third kappa shape index (κ3) is 3.25. The van der Waals surface area contributed by atoms with Crippen LogP contribution >= 0.6 is 0 Å². The molecule has 0 saturated heterocycles. The molecule has 1 atom stereocenters. The average Bonchev–Trinajstić information content (AvgIpc) is 2.30. The van der Waals surface area contributed by atoms with Crippen LogP contribution in [0.15, 0.2) is 18.2 Å². The first kappa shape index (κ1) is 13.1.